The molecule has 2 aromatic rings. The second-order valence-electron chi connectivity index (χ2n) is 18.4. The number of nitrogens with one attached hydrogen (secondary N) is 3. The summed E-state index contributed by atoms with van der Waals surface area (Å²) < 4.78 is 54.5. The van der Waals surface area contributed by atoms with Crippen molar-refractivity contribution in [3.8, 4) is 0 Å². The number of anilines is 2. The second-order valence-corrected chi connectivity index (χ2v) is 22.6. The van der Waals surface area contributed by atoms with Gasteiger partial charge in [0.25, 0.3) is 11.8 Å². The van der Waals surface area contributed by atoms with E-state index in [0.29, 0.717) is 101 Å². The van der Waals surface area contributed by atoms with Gasteiger partial charge in [0.15, 0.2) is 0 Å². The van der Waals surface area contributed by atoms with Crippen LogP contribution in [-0.2, 0) is 47.3 Å². The van der Waals surface area contributed by atoms with Gasteiger partial charge in [0, 0.05) is 63.4 Å². The Kier molecular flexibility index (Phi) is 17.4. The summed E-state index contributed by atoms with van der Waals surface area (Å²) in [6.07, 6.45) is 15.7. The summed E-state index contributed by atoms with van der Waals surface area (Å²) in [6, 6.07) is 15.0. The Morgan fingerprint density at radius 2 is 1.11 bits per heavy atom. The van der Waals surface area contributed by atoms with Gasteiger partial charge in [0.05, 0.1) is 11.5 Å². The topological polar surface area (TPSA) is 233 Å². The summed E-state index contributed by atoms with van der Waals surface area (Å²) in [7, 11) is -5.74. The molecule has 0 unspecified atom stereocenters. The van der Waals surface area contributed by atoms with E-state index in [2.05, 4.69) is 16.0 Å². The normalized spacial score (nSPS) is 21.6. The summed E-state index contributed by atoms with van der Waals surface area (Å²) in [5.74, 6) is 2.31. The zero-order chi connectivity index (χ0) is 46.7. The number of aliphatic hydroxyl groups is 1. The number of amidine groups is 2. The first kappa shape index (κ1) is 50.2. The number of sulfonamides is 2. The standard InChI is InChI=1S/C24H34N4O4S.C22H32N4O3S.CH4O/c1-18(29)25-21-11-5-7-19(17-21)8-6-16-33(31,32)28-14-12-24(13-15-28)23(30)26-22(27-24)20-9-3-2-4-10-20;23-19-10-4-6-17(16-19)7-5-15-30(28,29)26-13-11-22(12-14-26)21(27)24-20(25-22)18-8-2-1-3-9-18;1-2/h5,7,11,17,20H,2-4,6,8-10,12-16H2,1H3,(H,25,29)(H,26,27,30);4,6,10,16,18H,1-3,5,7-9,11-15,23H2,(H,24,25,27);2H,1H3. The van der Waals surface area contributed by atoms with Crippen LogP contribution in [0.1, 0.15) is 121 Å². The highest BCUT2D eigenvalue weighted by atomic mass is 32.2. The minimum atomic E-state index is -3.40. The molecule has 8 rings (SSSR count). The number of hydrogen-bond donors (Lipinski definition) is 5. The Labute approximate surface area is 385 Å². The summed E-state index contributed by atoms with van der Waals surface area (Å²) in [4.78, 5) is 46.4. The minimum Gasteiger partial charge on any atom is -0.400 e. The molecule has 0 aromatic heterocycles. The summed E-state index contributed by atoms with van der Waals surface area (Å²) in [5, 5.41) is 15.8. The van der Waals surface area contributed by atoms with Crippen LogP contribution in [0.5, 0.6) is 0 Å². The molecule has 358 valence electrons. The first-order chi connectivity index (χ1) is 31.2. The number of nitrogens with two attached hydrogens (primary N) is 1. The zero-order valence-corrected chi connectivity index (χ0v) is 39.9. The highest BCUT2D eigenvalue weighted by molar-refractivity contribution is 7.89. The molecule has 2 spiro atoms. The number of hydrogen-bond acceptors (Lipinski definition) is 11. The summed E-state index contributed by atoms with van der Waals surface area (Å²) in [5.41, 5.74) is 7.68. The Balaban J connectivity index is 0.000000208. The van der Waals surface area contributed by atoms with E-state index in [1.54, 1.807) is 4.31 Å². The van der Waals surface area contributed by atoms with E-state index in [1.165, 1.54) is 49.8 Å². The molecule has 2 aromatic carbocycles. The number of aryl methyl sites for hydroxylation is 2. The van der Waals surface area contributed by atoms with E-state index in [-0.39, 0.29) is 29.2 Å². The maximum atomic E-state index is 12.9. The number of carbonyl (C=O) groups excluding carboxylic acids is 3. The maximum absolute atomic E-state index is 12.9. The molecule has 4 fully saturated rings. The van der Waals surface area contributed by atoms with E-state index >= 15 is 0 Å². The molecule has 6 aliphatic rings. The molecule has 4 aliphatic heterocycles. The van der Waals surface area contributed by atoms with Gasteiger partial charge in [-0.3, -0.25) is 24.4 Å². The highest BCUT2D eigenvalue weighted by Gasteiger charge is 2.49. The molecular weight excluding hydrogens is 869 g/mol. The number of nitrogen functional groups attached to an aromatic ring is 1. The summed E-state index contributed by atoms with van der Waals surface area (Å²) in [6.45, 7) is 2.83. The minimum absolute atomic E-state index is 0.0400. The van der Waals surface area contributed by atoms with Crippen molar-refractivity contribution in [2.75, 3.05) is 55.8 Å². The molecule has 2 saturated carbocycles. The van der Waals surface area contributed by atoms with E-state index in [4.69, 9.17) is 20.8 Å². The Morgan fingerprint density at radius 3 is 1.52 bits per heavy atom. The van der Waals surface area contributed by atoms with Crippen LogP contribution in [0.4, 0.5) is 11.4 Å². The van der Waals surface area contributed by atoms with Crippen molar-refractivity contribution in [1.82, 2.24) is 19.2 Å². The molecular formula is C47H70N8O8S2. The van der Waals surface area contributed by atoms with Gasteiger partial charge in [0.2, 0.25) is 26.0 Å². The monoisotopic (exact) mass is 938 g/mol. The quantitative estimate of drug-likeness (QED) is 0.171. The fourth-order valence-electron chi connectivity index (χ4n) is 10.1. The second kappa shape index (κ2) is 22.5. The summed E-state index contributed by atoms with van der Waals surface area (Å²) >= 11 is 0. The van der Waals surface area contributed by atoms with E-state index in [1.807, 2.05) is 48.5 Å². The van der Waals surface area contributed by atoms with Gasteiger partial charge in [-0.05, 0) is 112 Å². The molecule has 0 atom stereocenters. The molecule has 2 aliphatic carbocycles. The van der Waals surface area contributed by atoms with Crippen molar-refractivity contribution in [2.45, 2.75) is 134 Å². The first-order valence-corrected chi connectivity index (χ1v) is 26.8. The van der Waals surface area contributed by atoms with Gasteiger partial charge >= 0.3 is 0 Å². The van der Waals surface area contributed by atoms with Crippen LogP contribution in [0, 0.1) is 11.8 Å². The smallest absolute Gasteiger partial charge is 0.253 e. The van der Waals surface area contributed by atoms with Gasteiger partial charge in [-0.2, -0.15) is 0 Å². The molecule has 0 bridgehead atoms. The third-order valence-electron chi connectivity index (χ3n) is 13.8. The van der Waals surface area contributed by atoms with Crippen LogP contribution in [-0.4, -0.2) is 116 Å². The lowest BCUT2D eigenvalue weighted by Gasteiger charge is -2.34. The number of amides is 3. The van der Waals surface area contributed by atoms with Crippen LogP contribution in [0.2, 0.25) is 0 Å². The lowest BCUT2D eigenvalue weighted by molar-refractivity contribution is -0.125. The highest BCUT2D eigenvalue weighted by Crippen LogP contribution is 2.36. The van der Waals surface area contributed by atoms with Crippen LogP contribution < -0.4 is 21.7 Å². The lowest BCUT2D eigenvalue weighted by Crippen LogP contribution is -2.50. The van der Waals surface area contributed by atoms with Crippen molar-refractivity contribution in [3.05, 3.63) is 59.7 Å². The van der Waals surface area contributed by atoms with Crippen LogP contribution in [0.25, 0.3) is 0 Å². The molecule has 16 nitrogen and oxygen atoms in total. The molecule has 0 radical (unpaired) electrons. The lowest BCUT2D eigenvalue weighted by atomic mass is 9.88. The largest absolute Gasteiger partial charge is 0.400 e. The number of nitrogens with zero attached hydrogens (tertiary/aromatic N) is 4. The molecule has 4 heterocycles. The third kappa shape index (κ3) is 13.0. The van der Waals surface area contributed by atoms with Crippen molar-refractivity contribution in [3.63, 3.8) is 0 Å². The predicted molar refractivity (Wildman–Crippen MR) is 255 cm³/mol. The fourth-order valence-corrected chi connectivity index (χ4v) is 13.1. The predicted octanol–water partition coefficient (Wildman–Crippen LogP) is 4.93. The van der Waals surface area contributed by atoms with Gasteiger partial charge in [-0.25, -0.2) is 25.4 Å². The number of piperidine rings is 2. The zero-order valence-electron chi connectivity index (χ0n) is 38.2. The SMILES string of the molecule is CC(=O)Nc1cccc(CCCS(=O)(=O)N2CCC3(CC2)N=C(C2CCCCC2)NC3=O)c1.CO.Nc1cccc(CCCS(=O)(=O)N2CCC3(CC2)N=C(C2CCCCC2)NC3=O)c1. The average molecular weight is 939 g/mol. The van der Waals surface area contributed by atoms with E-state index in [9.17, 15) is 31.2 Å². The van der Waals surface area contributed by atoms with Gasteiger partial charge in [-0.15, -0.1) is 0 Å². The Bertz CT molecular complexity index is 2260. The van der Waals surface area contributed by atoms with E-state index < -0.39 is 31.1 Å². The van der Waals surface area contributed by atoms with Gasteiger partial charge < -0.3 is 26.8 Å². The van der Waals surface area contributed by atoms with Crippen molar-refractivity contribution in [2.24, 2.45) is 21.8 Å². The van der Waals surface area contributed by atoms with Crippen LogP contribution in [0.3, 0.4) is 0 Å². The molecule has 65 heavy (non-hydrogen) atoms. The van der Waals surface area contributed by atoms with Crippen molar-refractivity contribution in [1.29, 1.82) is 0 Å². The number of benzene rings is 2. The van der Waals surface area contributed by atoms with Crippen molar-refractivity contribution < 1.29 is 36.3 Å². The molecule has 2 saturated heterocycles. The number of rotatable bonds is 13. The fraction of sp³-hybridized carbons (Fsp3) is 0.638. The third-order valence-corrected chi connectivity index (χ3v) is 17.7. The van der Waals surface area contributed by atoms with Crippen LogP contribution in [0.15, 0.2) is 58.5 Å². The number of aliphatic hydroxyl groups excluding tert-OH is 1. The van der Waals surface area contributed by atoms with E-state index in [0.717, 1.165) is 55.6 Å². The Hall–Kier alpha value is -4.23. The first-order valence-electron chi connectivity index (χ1n) is 23.6. The molecule has 18 heteroatoms. The maximum Gasteiger partial charge on any atom is 0.253 e. The number of aliphatic imine (C=N–C) groups is 2. The van der Waals surface area contributed by atoms with Gasteiger partial charge in [-0.1, -0.05) is 62.8 Å². The average Bonchev–Trinajstić information content (AvgIpc) is 3.79. The van der Waals surface area contributed by atoms with Crippen LogP contribution >= 0.6 is 0 Å². The molecule has 3 amide bonds. The Morgan fingerprint density at radius 1 is 0.692 bits per heavy atom. The van der Waals surface area contributed by atoms with Crippen molar-refractivity contribution >= 4 is 60.8 Å². The number of carbonyl (C=O) groups is 3. The van der Waals surface area contributed by atoms with Gasteiger partial charge in [0.1, 0.15) is 22.7 Å². The molecule has 6 N–H and O–H groups in total.